The third kappa shape index (κ3) is 4.47. The molecule has 0 unspecified atom stereocenters. The molecule has 3 N–H and O–H groups in total. The Bertz CT molecular complexity index is 1170. The van der Waals surface area contributed by atoms with Crippen LogP contribution in [-0.2, 0) is 0 Å². The molecule has 0 radical (unpaired) electrons. The maximum absolute atomic E-state index is 10.2. The Hall–Kier alpha value is -4.12. The number of benzene rings is 4. The smallest absolute Gasteiger partial charge is 0.134 e. The molecule has 0 atom stereocenters. The molecule has 4 aromatic rings. The molecule has 0 heterocycles. The minimum absolute atomic E-state index is 0.168. The first-order chi connectivity index (χ1) is 15.3. The van der Waals surface area contributed by atoms with E-state index in [1.807, 2.05) is 55.1 Å². The SMILES string of the molecule is Cc1cc(O)cc(N(c2ccc(Oc3cccc(O)c3C)cc2)c2cc(C)cc(O)c2)c1. The molecule has 0 aliphatic rings. The number of rotatable bonds is 5. The van der Waals surface area contributed by atoms with Crippen LogP contribution in [0, 0.1) is 20.8 Å². The topological polar surface area (TPSA) is 73.2 Å². The second kappa shape index (κ2) is 8.55. The van der Waals surface area contributed by atoms with Gasteiger partial charge in [-0.25, -0.2) is 0 Å². The lowest BCUT2D eigenvalue weighted by Gasteiger charge is -2.26. The number of hydrogen-bond donors (Lipinski definition) is 3. The maximum atomic E-state index is 10.2. The molecular formula is C27H25NO4. The van der Waals surface area contributed by atoms with Gasteiger partial charge in [0.05, 0.1) is 11.4 Å². The standard InChI is InChI=1S/C27H25NO4/c1-17-11-21(15-23(29)13-17)28(22-12-18(2)14-24(30)16-22)20-7-9-25(10-8-20)32-27-6-4-5-26(31)19(27)3/h4-16,29-31H,1-3H3. The van der Waals surface area contributed by atoms with Crippen molar-refractivity contribution in [2.75, 3.05) is 4.90 Å². The molecule has 5 nitrogen and oxygen atoms in total. The monoisotopic (exact) mass is 427 g/mol. The molecular weight excluding hydrogens is 402 g/mol. The first kappa shape index (κ1) is 21.1. The average Bonchev–Trinajstić information content (AvgIpc) is 2.71. The lowest BCUT2D eigenvalue weighted by Crippen LogP contribution is -2.10. The number of phenolic OH excluding ortho intramolecular Hbond substituents is 3. The van der Waals surface area contributed by atoms with E-state index in [1.54, 1.807) is 49.4 Å². The van der Waals surface area contributed by atoms with Crippen LogP contribution in [0.15, 0.2) is 78.9 Å². The van der Waals surface area contributed by atoms with Crippen LogP contribution in [0.1, 0.15) is 16.7 Å². The normalized spacial score (nSPS) is 10.7. The van der Waals surface area contributed by atoms with Crippen molar-refractivity contribution in [3.63, 3.8) is 0 Å². The molecule has 0 fully saturated rings. The number of ether oxygens (including phenoxy) is 1. The third-order valence-corrected chi connectivity index (χ3v) is 5.19. The van der Waals surface area contributed by atoms with Crippen molar-refractivity contribution in [1.29, 1.82) is 0 Å². The summed E-state index contributed by atoms with van der Waals surface area (Å²) in [6.07, 6.45) is 0. The van der Waals surface area contributed by atoms with Crippen LogP contribution >= 0.6 is 0 Å². The quantitative estimate of drug-likeness (QED) is 0.320. The van der Waals surface area contributed by atoms with E-state index in [0.29, 0.717) is 17.1 Å². The summed E-state index contributed by atoms with van der Waals surface area (Å²) in [5.41, 5.74) is 4.88. The van der Waals surface area contributed by atoms with Crippen molar-refractivity contribution in [3.8, 4) is 28.7 Å². The van der Waals surface area contributed by atoms with Crippen molar-refractivity contribution in [3.05, 3.63) is 95.6 Å². The van der Waals surface area contributed by atoms with E-state index < -0.39 is 0 Å². The fourth-order valence-electron chi connectivity index (χ4n) is 3.70. The highest BCUT2D eigenvalue weighted by Gasteiger charge is 2.15. The lowest BCUT2D eigenvalue weighted by atomic mass is 10.1. The van der Waals surface area contributed by atoms with Gasteiger partial charge in [0.15, 0.2) is 0 Å². The van der Waals surface area contributed by atoms with Gasteiger partial charge in [0.25, 0.3) is 0 Å². The molecule has 0 saturated carbocycles. The van der Waals surface area contributed by atoms with E-state index in [4.69, 9.17) is 4.74 Å². The summed E-state index contributed by atoms with van der Waals surface area (Å²) < 4.78 is 5.95. The highest BCUT2D eigenvalue weighted by atomic mass is 16.5. The van der Waals surface area contributed by atoms with E-state index in [0.717, 1.165) is 28.2 Å². The van der Waals surface area contributed by atoms with E-state index in [2.05, 4.69) is 0 Å². The number of hydrogen-bond acceptors (Lipinski definition) is 5. The second-order valence-electron chi connectivity index (χ2n) is 7.89. The second-order valence-corrected chi connectivity index (χ2v) is 7.89. The van der Waals surface area contributed by atoms with E-state index in [9.17, 15) is 15.3 Å². The number of aromatic hydroxyl groups is 3. The zero-order valence-corrected chi connectivity index (χ0v) is 18.2. The van der Waals surface area contributed by atoms with E-state index in [1.165, 1.54) is 0 Å². The Balaban J connectivity index is 1.75. The van der Waals surface area contributed by atoms with Crippen molar-refractivity contribution >= 4 is 17.1 Å². The number of phenols is 3. The first-order valence-electron chi connectivity index (χ1n) is 10.3. The Morgan fingerprint density at radius 2 is 1.19 bits per heavy atom. The van der Waals surface area contributed by atoms with Crippen LogP contribution in [0.25, 0.3) is 0 Å². The number of anilines is 3. The molecule has 0 amide bonds. The molecule has 5 heteroatoms. The predicted octanol–water partition coefficient (Wildman–Crippen LogP) is 6.99. The van der Waals surface area contributed by atoms with Gasteiger partial charge in [-0.3, -0.25) is 0 Å². The first-order valence-corrected chi connectivity index (χ1v) is 10.3. The van der Waals surface area contributed by atoms with Crippen molar-refractivity contribution < 1.29 is 20.1 Å². The molecule has 0 bridgehead atoms. The lowest BCUT2D eigenvalue weighted by molar-refractivity contribution is 0.448. The molecule has 0 aliphatic heterocycles. The van der Waals surface area contributed by atoms with Gasteiger partial charge in [-0.15, -0.1) is 0 Å². The van der Waals surface area contributed by atoms with E-state index in [-0.39, 0.29) is 17.2 Å². The highest BCUT2D eigenvalue weighted by Crippen LogP contribution is 2.39. The minimum atomic E-state index is 0.168. The zero-order chi connectivity index (χ0) is 22.8. The Morgan fingerprint density at radius 3 is 1.72 bits per heavy atom. The minimum Gasteiger partial charge on any atom is -0.508 e. The van der Waals surface area contributed by atoms with Gasteiger partial charge in [0.1, 0.15) is 28.7 Å². The van der Waals surface area contributed by atoms with Gasteiger partial charge in [0.2, 0.25) is 0 Å². The summed E-state index contributed by atoms with van der Waals surface area (Å²) in [5, 5.41) is 30.3. The molecule has 162 valence electrons. The van der Waals surface area contributed by atoms with Gasteiger partial charge in [-0.05, 0) is 92.6 Å². The Morgan fingerprint density at radius 1 is 0.625 bits per heavy atom. The molecule has 0 saturated heterocycles. The summed E-state index contributed by atoms with van der Waals surface area (Å²) in [6, 6.07) is 23.4. The molecule has 0 aromatic heterocycles. The average molecular weight is 428 g/mol. The van der Waals surface area contributed by atoms with Gasteiger partial charge < -0.3 is 25.0 Å². The Labute approximate surface area is 187 Å². The molecule has 32 heavy (non-hydrogen) atoms. The number of nitrogens with zero attached hydrogens (tertiary/aromatic N) is 1. The van der Waals surface area contributed by atoms with Crippen molar-refractivity contribution in [1.82, 2.24) is 0 Å². The van der Waals surface area contributed by atoms with Crippen molar-refractivity contribution in [2.45, 2.75) is 20.8 Å². The largest absolute Gasteiger partial charge is 0.508 e. The molecule has 0 spiro atoms. The maximum Gasteiger partial charge on any atom is 0.134 e. The summed E-state index contributed by atoms with van der Waals surface area (Å²) in [4.78, 5) is 1.96. The van der Waals surface area contributed by atoms with Crippen LogP contribution in [0.3, 0.4) is 0 Å². The van der Waals surface area contributed by atoms with Gasteiger partial charge >= 0.3 is 0 Å². The Kier molecular flexibility index (Phi) is 5.65. The highest BCUT2D eigenvalue weighted by molar-refractivity contribution is 5.78. The predicted molar refractivity (Wildman–Crippen MR) is 127 cm³/mol. The summed E-state index contributed by atoms with van der Waals surface area (Å²) in [6.45, 7) is 5.64. The molecule has 4 rings (SSSR count). The van der Waals surface area contributed by atoms with Gasteiger partial charge in [-0.2, -0.15) is 0 Å². The van der Waals surface area contributed by atoms with Crippen LogP contribution < -0.4 is 9.64 Å². The van der Waals surface area contributed by atoms with Crippen molar-refractivity contribution in [2.24, 2.45) is 0 Å². The van der Waals surface area contributed by atoms with Crippen LogP contribution in [0.4, 0.5) is 17.1 Å². The van der Waals surface area contributed by atoms with Gasteiger partial charge in [-0.1, -0.05) is 6.07 Å². The summed E-state index contributed by atoms with van der Waals surface area (Å²) >= 11 is 0. The van der Waals surface area contributed by atoms with Crippen LogP contribution in [0.2, 0.25) is 0 Å². The van der Waals surface area contributed by atoms with Crippen LogP contribution in [0.5, 0.6) is 28.7 Å². The summed E-state index contributed by atoms with van der Waals surface area (Å²) in [5.74, 6) is 1.73. The van der Waals surface area contributed by atoms with Gasteiger partial charge in [0, 0.05) is 23.4 Å². The third-order valence-electron chi connectivity index (χ3n) is 5.19. The molecule has 0 aliphatic carbocycles. The molecule has 4 aromatic carbocycles. The zero-order valence-electron chi connectivity index (χ0n) is 18.2. The fraction of sp³-hybridized carbons (Fsp3) is 0.111. The van der Waals surface area contributed by atoms with Crippen LogP contribution in [-0.4, -0.2) is 15.3 Å². The fourth-order valence-corrected chi connectivity index (χ4v) is 3.70. The van der Waals surface area contributed by atoms with E-state index >= 15 is 0 Å². The number of aryl methyl sites for hydroxylation is 2. The summed E-state index contributed by atoms with van der Waals surface area (Å²) in [7, 11) is 0.